The minimum absolute atomic E-state index is 0.0493. The van der Waals surface area contributed by atoms with E-state index in [9.17, 15) is 0 Å². The van der Waals surface area contributed by atoms with Crippen molar-refractivity contribution in [1.29, 1.82) is 0 Å². The Morgan fingerprint density at radius 1 is 0.364 bits per heavy atom. The molecule has 2 nitrogen and oxygen atoms in total. The number of thiophene rings is 1. The van der Waals surface area contributed by atoms with Gasteiger partial charge >= 0.3 is 0 Å². The van der Waals surface area contributed by atoms with Crippen LogP contribution in [-0.4, -0.2) is 4.57 Å². The lowest BCUT2D eigenvalue weighted by molar-refractivity contribution is 0.660. The van der Waals surface area contributed by atoms with E-state index in [0.29, 0.717) is 0 Å². The van der Waals surface area contributed by atoms with E-state index in [1.165, 1.54) is 103 Å². The van der Waals surface area contributed by atoms with E-state index in [-0.39, 0.29) is 5.41 Å². The van der Waals surface area contributed by atoms with Crippen molar-refractivity contribution in [2.24, 2.45) is 0 Å². The zero-order valence-electron chi connectivity index (χ0n) is 36.7. The number of para-hydroxylation sites is 2. The zero-order valence-corrected chi connectivity index (χ0v) is 37.6. The molecule has 2 aromatic heterocycles. The minimum atomic E-state index is -0.0493. The van der Waals surface area contributed by atoms with Crippen LogP contribution in [0.25, 0.3) is 92.2 Å². The van der Waals surface area contributed by atoms with Crippen LogP contribution in [0, 0.1) is 0 Å². The van der Waals surface area contributed by atoms with Gasteiger partial charge in [-0.25, -0.2) is 0 Å². The van der Waals surface area contributed by atoms with Crippen LogP contribution in [0.1, 0.15) is 25.0 Å². The summed E-state index contributed by atoms with van der Waals surface area (Å²) >= 11 is 1.88. The van der Waals surface area contributed by atoms with Gasteiger partial charge < -0.3 is 9.47 Å². The van der Waals surface area contributed by atoms with Crippen molar-refractivity contribution in [2.75, 3.05) is 4.90 Å². The molecule has 0 saturated carbocycles. The van der Waals surface area contributed by atoms with E-state index in [1.54, 1.807) is 0 Å². The summed E-state index contributed by atoms with van der Waals surface area (Å²) in [5.74, 6) is 0. The van der Waals surface area contributed by atoms with Gasteiger partial charge in [0.2, 0.25) is 0 Å². The van der Waals surface area contributed by atoms with Crippen LogP contribution < -0.4 is 4.90 Å². The monoisotopic (exact) mass is 860 g/mol. The van der Waals surface area contributed by atoms with Crippen molar-refractivity contribution < 1.29 is 0 Å². The van der Waals surface area contributed by atoms with Crippen molar-refractivity contribution in [3.63, 3.8) is 0 Å². The average molecular weight is 861 g/mol. The van der Waals surface area contributed by atoms with Gasteiger partial charge in [0.25, 0.3) is 0 Å². The predicted molar refractivity (Wildman–Crippen MR) is 282 cm³/mol. The number of fused-ring (bicyclic) bond motifs is 9. The normalized spacial score (nSPS) is 12.8. The molecule has 0 aliphatic heterocycles. The number of benzene rings is 10. The molecule has 13 rings (SSSR count). The van der Waals surface area contributed by atoms with Crippen LogP contribution in [0.4, 0.5) is 17.1 Å². The maximum atomic E-state index is 2.41. The van der Waals surface area contributed by atoms with E-state index in [1.807, 2.05) is 11.3 Å². The molecule has 1 aliphatic rings. The molecule has 0 saturated heterocycles. The van der Waals surface area contributed by atoms with Crippen molar-refractivity contribution in [1.82, 2.24) is 4.57 Å². The lowest BCUT2D eigenvalue weighted by Gasteiger charge is -2.26. The van der Waals surface area contributed by atoms with E-state index in [2.05, 4.69) is 254 Å². The first-order valence-electron chi connectivity index (χ1n) is 22.8. The third-order valence-electron chi connectivity index (χ3n) is 14.0. The largest absolute Gasteiger partial charge is 0.311 e. The molecule has 12 aromatic rings. The fourth-order valence-corrected chi connectivity index (χ4v) is 11.9. The average Bonchev–Trinajstić information content (AvgIpc) is 4.00. The molecule has 0 N–H and O–H groups in total. The van der Waals surface area contributed by atoms with Crippen LogP contribution in [-0.2, 0) is 5.41 Å². The lowest BCUT2D eigenvalue weighted by Crippen LogP contribution is -2.14. The molecular weight excluding hydrogens is 817 g/mol. The quantitative estimate of drug-likeness (QED) is 0.155. The van der Waals surface area contributed by atoms with Gasteiger partial charge in [-0.15, -0.1) is 11.3 Å². The summed E-state index contributed by atoms with van der Waals surface area (Å²) in [4.78, 5) is 2.39. The third kappa shape index (κ3) is 6.08. The van der Waals surface area contributed by atoms with Crippen LogP contribution >= 0.6 is 11.3 Å². The second-order valence-electron chi connectivity index (χ2n) is 18.1. The minimum Gasteiger partial charge on any atom is -0.311 e. The zero-order chi connectivity index (χ0) is 43.9. The van der Waals surface area contributed by atoms with Crippen LogP contribution in [0.2, 0.25) is 0 Å². The molecule has 10 aromatic carbocycles. The van der Waals surface area contributed by atoms with Gasteiger partial charge in [-0.2, -0.15) is 0 Å². The molecule has 312 valence electrons. The van der Waals surface area contributed by atoms with Crippen LogP contribution in [0.5, 0.6) is 0 Å². The van der Waals surface area contributed by atoms with Gasteiger partial charge in [0.15, 0.2) is 0 Å². The topological polar surface area (TPSA) is 8.17 Å². The number of aromatic nitrogens is 1. The standard InChI is InChI=1S/C63H44N2S/c1-63(2)57-20-9-6-15-51(57)52-37-29-45(40-58(52)63)42-25-33-48(34-26-42)64(49-35-27-43(28-36-49)50-18-12-19-55-54-17-8-11-22-61(54)66-62(50)55)47-31-23-41(24-32-47)44-30-38-60-56(39-44)53-16-7-10-21-59(53)65(60)46-13-4-3-5-14-46/h3-40H,1-2H3. The first kappa shape index (κ1) is 38.5. The molecule has 0 amide bonds. The third-order valence-corrected chi connectivity index (χ3v) is 15.2. The maximum absolute atomic E-state index is 2.41. The molecule has 0 atom stereocenters. The summed E-state index contributed by atoms with van der Waals surface area (Å²) in [6.45, 7) is 4.70. The highest BCUT2D eigenvalue weighted by Gasteiger charge is 2.35. The number of nitrogens with zero attached hydrogens (tertiary/aromatic N) is 2. The van der Waals surface area contributed by atoms with Crippen LogP contribution in [0.3, 0.4) is 0 Å². The Kier molecular flexibility index (Phi) is 8.78. The van der Waals surface area contributed by atoms with Gasteiger partial charge in [-0.3, -0.25) is 0 Å². The highest BCUT2D eigenvalue weighted by Crippen LogP contribution is 2.50. The second kappa shape index (κ2) is 15.1. The lowest BCUT2D eigenvalue weighted by atomic mass is 9.81. The first-order chi connectivity index (χ1) is 32.5. The first-order valence-corrected chi connectivity index (χ1v) is 23.6. The van der Waals surface area contributed by atoms with E-state index in [4.69, 9.17) is 0 Å². The summed E-state index contributed by atoms with van der Waals surface area (Å²) in [5, 5.41) is 5.14. The molecule has 0 bridgehead atoms. The molecular formula is C63H44N2S. The Morgan fingerprint density at radius 2 is 0.894 bits per heavy atom. The Balaban J connectivity index is 0.884. The van der Waals surface area contributed by atoms with Crippen molar-refractivity contribution in [3.05, 3.63) is 242 Å². The Hall–Kier alpha value is -7.98. The molecule has 0 spiro atoms. The van der Waals surface area contributed by atoms with Crippen LogP contribution in [0.15, 0.2) is 231 Å². The molecule has 3 heteroatoms. The second-order valence-corrected chi connectivity index (χ2v) is 19.2. The highest BCUT2D eigenvalue weighted by molar-refractivity contribution is 7.26. The molecule has 66 heavy (non-hydrogen) atoms. The number of anilines is 3. The summed E-state index contributed by atoms with van der Waals surface area (Å²) < 4.78 is 5.03. The fraction of sp³-hybridized carbons (Fsp3) is 0.0476. The summed E-state index contributed by atoms with van der Waals surface area (Å²) in [6, 6.07) is 85.0. The Morgan fingerprint density at radius 3 is 1.64 bits per heavy atom. The molecule has 0 unspecified atom stereocenters. The Bertz CT molecular complexity index is 3820. The van der Waals surface area contributed by atoms with Gasteiger partial charge in [0, 0.05) is 59.1 Å². The van der Waals surface area contributed by atoms with Crippen molar-refractivity contribution in [2.45, 2.75) is 19.3 Å². The number of hydrogen-bond acceptors (Lipinski definition) is 2. The Labute approximate surface area is 388 Å². The molecule has 0 radical (unpaired) electrons. The maximum Gasteiger partial charge on any atom is 0.0541 e. The molecule has 2 heterocycles. The van der Waals surface area contributed by atoms with Crippen molar-refractivity contribution in [3.8, 4) is 50.2 Å². The highest BCUT2D eigenvalue weighted by atomic mass is 32.1. The smallest absolute Gasteiger partial charge is 0.0541 e. The summed E-state index contributed by atoms with van der Waals surface area (Å²) in [7, 11) is 0. The predicted octanol–water partition coefficient (Wildman–Crippen LogP) is 17.9. The number of hydrogen-bond donors (Lipinski definition) is 0. The SMILES string of the molecule is CC1(C)c2ccccc2-c2ccc(-c3ccc(N(c4ccc(-c5ccc6c(c5)c5ccccc5n6-c5ccccc5)cc4)c4ccc(-c5cccc6c5sc5ccccc56)cc4)cc3)cc21. The molecule has 1 aliphatic carbocycles. The number of rotatable bonds is 7. The van der Waals surface area contributed by atoms with Crippen molar-refractivity contribution >= 4 is 70.4 Å². The van der Waals surface area contributed by atoms with Gasteiger partial charge in [0.05, 0.1) is 11.0 Å². The van der Waals surface area contributed by atoms with Gasteiger partial charge in [-0.1, -0.05) is 166 Å². The fourth-order valence-electron chi connectivity index (χ4n) is 10.7. The van der Waals surface area contributed by atoms with Gasteiger partial charge in [0.1, 0.15) is 0 Å². The van der Waals surface area contributed by atoms with E-state index >= 15 is 0 Å². The summed E-state index contributed by atoms with van der Waals surface area (Å²) in [5.41, 5.74) is 19.6. The van der Waals surface area contributed by atoms with Gasteiger partial charge in [-0.05, 0) is 134 Å². The van der Waals surface area contributed by atoms with E-state index < -0.39 is 0 Å². The molecule has 0 fully saturated rings. The summed E-state index contributed by atoms with van der Waals surface area (Å²) in [6.07, 6.45) is 0. The van der Waals surface area contributed by atoms with E-state index in [0.717, 1.165) is 17.1 Å².